The van der Waals surface area contributed by atoms with Gasteiger partial charge in [0, 0.05) is 19.3 Å². The summed E-state index contributed by atoms with van der Waals surface area (Å²) >= 11 is 0. The fourth-order valence-electron chi connectivity index (χ4n) is 1.89. The van der Waals surface area contributed by atoms with Gasteiger partial charge in [-0.25, -0.2) is 4.39 Å². The molecule has 2 aromatic carbocycles. The van der Waals surface area contributed by atoms with Gasteiger partial charge in [-0.3, -0.25) is 0 Å². The highest BCUT2D eigenvalue weighted by Crippen LogP contribution is 2.18. The minimum absolute atomic E-state index is 0.181. The zero-order valence-electron chi connectivity index (χ0n) is 10.2. The molecule has 0 aliphatic rings. The molecule has 2 rings (SSSR count). The van der Waals surface area contributed by atoms with Crippen molar-refractivity contribution in [2.45, 2.75) is 13.5 Å². The van der Waals surface area contributed by atoms with Crippen LogP contribution in [-0.2, 0) is 6.54 Å². The van der Waals surface area contributed by atoms with Gasteiger partial charge in [-0.1, -0.05) is 30.3 Å². The second kappa shape index (κ2) is 5.00. The normalized spacial score (nSPS) is 10.3. The maximum Gasteiger partial charge on any atom is 0.125 e. The topological polar surface area (TPSA) is 3.24 Å². The molecule has 0 aliphatic heterocycles. The fraction of sp³-hybridized carbons (Fsp3) is 0.200. The van der Waals surface area contributed by atoms with Crippen LogP contribution in [0, 0.1) is 12.7 Å². The lowest BCUT2D eigenvalue weighted by Crippen LogP contribution is -2.16. The van der Waals surface area contributed by atoms with Gasteiger partial charge >= 0.3 is 0 Å². The monoisotopic (exact) mass is 229 g/mol. The van der Waals surface area contributed by atoms with Crippen molar-refractivity contribution in [2.75, 3.05) is 11.9 Å². The number of benzene rings is 2. The second-order valence-electron chi connectivity index (χ2n) is 4.33. The minimum Gasteiger partial charge on any atom is -0.370 e. The Balaban J connectivity index is 2.17. The zero-order chi connectivity index (χ0) is 12.3. The van der Waals surface area contributed by atoms with Gasteiger partial charge in [0.25, 0.3) is 0 Å². The van der Waals surface area contributed by atoms with Gasteiger partial charge in [-0.2, -0.15) is 0 Å². The Bertz CT molecular complexity index is 473. The van der Waals surface area contributed by atoms with Crippen molar-refractivity contribution in [2.24, 2.45) is 0 Å². The molecule has 0 unspecified atom stereocenters. The highest BCUT2D eigenvalue weighted by molar-refractivity contribution is 5.48. The molecule has 2 heteroatoms. The van der Waals surface area contributed by atoms with Crippen LogP contribution in [0.1, 0.15) is 11.1 Å². The third kappa shape index (κ3) is 3.06. The first kappa shape index (κ1) is 11.6. The molecule has 0 atom stereocenters. The van der Waals surface area contributed by atoms with Crippen LogP contribution < -0.4 is 4.90 Å². The van der Waals surface area contributed by atoms with Crippen LogP contribution in [0.25, 0.3) is 0 Å². The summed E-state index contributed by atoms with van der Waals surface area (Å²) in [4.78, 5) is 2.05. The van der Waals surface area contributed by atoms with Gasteiger partial charge < -0.3 is 4.90 Å². The number of anilines is 1. The van der Waals surface area contributed by atoms with Crippen molar-refractivity contribution >= 4 is 5.69 Å². The van der Waals surface area contributed by atoms with Crippen molar-refractivity contribution < 1.29 is 4.39 Å². The van der Waals surface area contributed by atoms with Crippen LogP contribution in [0.4, 0.5) is 10.1 Å². The first-order chi connectivity index (χ1) is 8.15. The van der Waals surface area contributed by atoms with Gasteiger partial charge in [-0.05, 0) is 36.2 Å². The fourth-order valence-corrected chi connectivity index (χ4v) is 1.89. The molecule has 0 aliphatic carbocycles. The highest BCUT2D eigenvalue weighted by Gasteiger charge is 2.04. The molecule has 0 bridgehead atoms. The van der Waals surface area contributed by atoms with Gasteiger partial charge in [0.1, 0.15) is 5.82 Å². The van der Waals surface area contributed by atoms with E-state index < -0.39 is 0 Å². The average molecular weight is 229 g/mol. The van der Waals surface area contributed by atoms with E-state index in [9.17, 15) is 4.39 Å². The van der Waals surface area contributed by atoms with E-state index in [1.165, 1.54) is 5.56 Å². The number of rotatable bonds is 3. The van der Waals surface area contributed by atoms with Gasteiger partial charge in [0.05, 0.1) is 0 Å². The van der Waals surface area contributed by atoms with E-state index in [1.54, 1.807) is 12.1 Å². The molecule has 88 valence electrons. The van der Waals surface area contributed by atoms with Gasteiger partial charge in [0.15, 0.2) is 0 Å². The number of hydrogen-bond donors (Lipinski definition) is 0. The Labute approximate surface area is 102 Å². The van der Waals surface area contributed by atoms with E-state index in [2.05, 4.69) is 12.1 Å². The molecule has 0 aromatic heterocycles. The van der Waals surface area contributed by atoms with Crippen LogP contribution in [0.3, 0.4) is 0 Å². The summed E-state index contributed by atoms with van der Waals surface area (Å²) in [6.45, 7) is 2.69. The van der Waals surface area contributed by atoms with Crippen LogP contribution >= 0.6 is 0 Å². The maximum absolute atomic E-state index is 13.3. The largest absolute Gasteiger partial charge is 0.370 e. The predicted molar refractivity (Wildman–Crippen MR) is 69.7 cm³/mol. The first-order valence-electron chi connectivity index (χ1n) is 5.67. The predicted octanol–water partition coefficient (Wildman–Crippen LogP) is 3.77. The number of aryl methyl sites for hydroxylation is 1. The van der Waals surface area contributed by atoms with Crippen molar-refractivity contribution in [3.8, 4) is 0 Å². The minimum atomic E-state index is -0.181. The smallest absolute Gasteiger partial charge is 0.125 e. The Morgan fingerprint density at radius 3 is 2.41 bits per heavy atom. The molecule has 0 fully saturated rings. The van der Waals surface area contributed by atoms with E-state index in [1.807, 2.05) is 43.1 Å². The summed E-state index contributed by atoms with van der Waals surface area (Å²) < 4.78 is 13.3. The SMILES string of the molecule is Cc1cc(F)cc(N(C)Cc2ccccc2)c1. The van der Waals surface area contributed by atoms with Gasteiger partial charge in [-0.15, -0.1) is 0 Å². The third-order valence-electron chi connectivity index (χ3n) is 2.73. The highest BCUT2D eigenvalue weighted by atomic mass is 19.1. The molecule has 0 saturated heterocycles. The van der Waals surface area contributed by atoms with Crippen LogP contribution in [0.5, 0.6) is 0 Å². The quantitative estimate of drug-likeness (QED) is 0.774. The van der Waals surface area contributed by atoms with Crippen molar-refractivity contribution in [3.63, 3.8) is 0 Å². The summed E-state index contributed by atoms with van der Waals surface area (Å²) in [6, 6.07) is 15.3. The second-order valence-corrected chi connectivity index (χ2v) is 4.33. The summed E-state index contributed by atoms with van der Waals surface area (Å²) in [6.07, 6.45) is 0. The lowest BCUT2D eigenvalue weighted by Gasteiger charge is -2.20. The van der Waals surface area contributed by atoms with Crippen LogP contribution in [0.2, 0.25) is 0 Å². The Morgan fingerprint density at radius 1 is 1.06 bits per heavy atom. The molecule has 17 heavy (non-hydrogen) atoms. The third-order valence-corrected chi connectivity index (χ3v) is 2.73. The standard InChI is InChI=1S/C15H16FN/c1-12-8-14(16)10-15(9-12)17(2)11-13-6-4-3-5-7-13/h3-10H,11H2,1-2H3. The molecule has 0 amide bonds. The summed E-state index contributed by atoms with van der Waals surface area (Å²) in [5.74, 6) is -0.181. The molecular formula is C15H16FN. The number of halogens is 1. The molecule has 0 heterocycles. The van der Waals surface area contributed by atoms with Crippen molar-refractivity contribution in [3.05, 3.63) is 65.5 Å². The van der Waals surface area contributed by atoms with Crippen LogP contribution in [0.15, 0.2) is 48.5 Å². The van der Waals surface area contributed by atoms with Crippen molar-refractivity contribution in [1.82, 2.24) is 0 Å². The van der Waals surface area contributed by atoms with E-state index in [4.69, 9.17) is 0 Å². The molecule has 1 nitrogen and oxygen atoms in total. The van der Waals surface area contributed by atoms with Gasteiger partial charge in [0.2, 0.25) is 0 Å². The van der Waals surface area contributed by atoms with E-state index in [-0.39, 0.29) is 5.82 Å². The lowest BCUT2D eigenvalue weighted by molar-refractivity contribution is 0.626. The maximum atomic E-state index is 13.3. The molecular weight excluding hydrogens is 213 g/mol. The lowest BCUT2D eigenvalue weighted by atomic mass is 10.1. The molecule has 0 N–H and O–H groups in total. The summed E-state index contributed by atoms with van der Waals surface area (Å²) in [5.41, 5.74) is 3.07. The molecule has 0 spiro atoms. The molecule has 0 radical (unpaired) electrons. The van der Waals surface area contributed by atoms with E-state index >= 15 is 0 Å². The summed E-state index contributed by atoms with van der Waals surface area (Å²) in [7, 11) is 1.97. The zero-order valence-corrected chi connectivity index (χ0v) is 10.2. The Kier molecular flexibility index (Phi) is 3.43. The Hall–Kier alpha value is -1.83. The molecule has 0 saturated carbocycles. The Morgan fingerprint density at radius 2 is 1.76 bits per heavy atom. The summed E-state index contributed by atoms with van der Waals surface area (Å²) in [5, 5.41) is 0. The first-order valence-corrected chi connectivity index (χ1v) is 5.67. The average Bonchev–Trinajstić information content (AvgIpc) is 2.29. The number of nitrogens with zero attached hydrogens (tertiary/aromatic N) is 1. The van der Waals surface area contributed by atoms with Crippen molar-refractivity contribution in [1.29, 1.82) is 0 Å². The van der Waals surface area contributed by atoms with E-state index in [0.717, 1.165) is 17.8 Å². The van der Waals surface area contributed by atoms with E-state index in [0.29, 0.717) is 0 Å². The number of hydrogen-bond acceptors (Lipinski definition) is 1. The van der Waals surface area contributed by atoms with Crippen LogP contribution in [-0.4, -0.2) is 7.05 Å². The molecule has 2 aromatic rings.